The maximum Gasteiger partial charge on any atom is 2.00 e. The largest absolute Gasteiger partial charge is 2.00 e. The van der Waals surface area contributed by atoms with Gasteiger partial charge in [0.1, 0.15) is 0 Å². The Labute approximate surface area is 435 Å². The second-order valence-corrected chi connectivity index (χ2v) is 24.0. The molecule has 0 saturated heterocycles. The summed E-state index contributed by atoms with van der Waals surface area (Å²) in [6.07, 6.45) is 4.59. The van der Waals surface area contributed by atoms with Crippen molar-refractivity contribution < 1.29 is 26.2 Å². The molecule has 68 heavy (non-hydrogen) atoms. The fourth-order valence-corrected chi connectivity index (χ4v) is 9.19. The molecule has 0 nitrogen and oxygen atoms in total. The molecule has 8 aromatic rings. The van der Waals surface area contributed by atoms with Gasteiger partial charge in [0, 0.05) is 9.52 Å². The number of aryl methyl sites for hydroxylation is 2. The van der Waals surface area contributed by atoms with E-state index in [4.69, 9.17) is 0 Å². The predicted molar refractivity (Wildman–Crippen MR) is 301 cm³/mol. The van der Waals surface area contributed by atoms with Crippen LogP contribution in [0.5, 0.6) is 0 Å². The molecular formula is C66H80SiZr. The molecule has 0 aliphatic carbocycles. The van der Waals surface area contributed by atoms with Gasteiger partial charge in [-0.15, -0.1) is 44.8 Å². The van der Waals surface area contributed by atoms with E-state index in [1.54, 1.807) is 0 Å². The summed E-state index contributed by atoms with van der Waals surface area (Å²) in [5, 5.41) is 5.48. The van der Waals surface area contributed by atoms with Gasteiger partial charge in [-0.1, -0.05) is 278 Å². The fraction of sp³-hybridized carbons (Fsp3) is 0.364. The van der Waals surface area contributed by atoms with Crippen molar-refractivity contribution in [1.82, 2.24) is 0 Å². The SMILES string of the molecule is CCCc1cc2c(-c3ccc(C(C)(C)C)cc3)ccc(-c3ccc(C(C)(C)C)cc3)c2[cH-]1.CCCc1cc2c(-c3ccc(C(C)(C)C)cc3)ccc(-c3ccc(C(C)(C)C)cc3)c2[cH-]1.C[Si]C.[Zr+2]. The van der Waals surface area contributed by atoms with Gasteiger partial charge in [-0.05, 0) is 67.9 Å². The third kappa shape index (κ3) is 13.1. The van der Waals surface area contributed by atoms with Crippen LogP contribution < -0.4 is 0 Å². The summed E-state index contributed by atoms with van der Waals surface area (Å²) in [7, 11) is 1.08. The van der Waals surface area contributed by atoms with Crippen LogP contribution in [0.15, 0.2) is 146 Å². The van der Waals surface area contributed by atoms with Crippen molar-refractivity contribution in [3.63, 3.8) is 0 Å². The smallest absolute Gasteiger partial charge is 0.164 e. The molecule has 0 atom stereocenters. The van der Waals surface area contributed by atoms with Crippen LogP contribution in [-0.2, 0) is 60.7 Å². The number of hydrogen-bond acceptors (Lipinski definition) is 0. The molecule has 2 heteroatoms. The van der Waals surface area contributed by atoms with E-state index < -0.39 is 0 Å². The monoisotopic (exact) mass is 991 g/mol. The first-order valence-electron chi connectivity index (χ1n) is 25.0. The van der Waals surface area contributed by atoms with E-state index in [0.717, 1.165) is 22.4 Å². The Balaban J connectivity index is 0.000000237. The Morgan fingerprint density at radius 1 is 0.353 bits per heavy atom. The summed E-state index contributed by atoms with van der Waals surface area (Å²) in [6, 6.07) is 55.6. The summed E-state index contributed by atoms with van der Waals surface area (Å²) in [5.74, 6) is 0. The van der Waals surface area contributed by atoms with Gasteiger partial charge in [0.2, 0.25) is 0 Å². The van der Waals surface area contributed by atoms with Crippen molar-refractivity contribution in [3.05, 3.63) is 179 Å². The summed E-state index contributed by atoms with van der Waals surface area (Å²) in [5.41, 5.74) is 19.6. The van der Waals surface area contributed by atoms with Crippen LogP contribution in [-0.4, -0.2) is 9.52 Å². The summed E-state index contributed by atoms with van der Waals surface area (Å²) >= 11 is 0. The predicted octanol–water partition coefficient (Wildman–Crippen LogP) is 19.7. The molecule has 8 rings (SSSR count). The molecule has 2 radical (unpaired) electrons. The number of fused-ring (bicyclic) bond motifs is 2. The first-order valence-corrected chi connectivity index (χ1v) is 27.0. The van der Waals surface area contributed by atoms with Gasteiger partial charge in [-0.2, -0.15) is 12.1 Å². The summed E-state index contributed by atoms with van der Waals surface area (Å²) < 4.78 is 0. The zero-order valence-electron chi connectivity index (χ0n) is 44.7. The second-order valence-electron chi connectivity index (χ2n) is 23.0. The van der Waals surface area contributed by atoms with E-state index in [9.17, 15) is 0 Å². The fourth-order valence-electron chi connectivity index (χ4n) is 9.19. The van der Waals surface area contributed by atoms with Gasteiger partial charge < -0.3 is 0 Å². The first kappa shape index (κ1) is 54.6. The van der Waals surface area contributed by atoms with Crippen LogP contribution in [0, 0.1) is 0 Å². The first-order chi connectivity index (χ1) is 31.6. The summed E-state index contributed by atoms with van der Waals surface area (Å²) in [4.78, 5) is 0. The average Bonchev–Trinajstić information content (AvgIpc) is 3.90. The van der Waals surface area contributed by atoms with Crippen LogP contribution in [0.2, 0.25) is 13.1 Å². The van der Waals surface area contributed by atoms with Crippen LogP contribution in [0.1, 0.15) is 143 Å². The molecule has 0 spiro atoms. The topological polar surface area (TPSA) is 0 Å². The second kappa shape index (κ2) is 22.6. The van der Waals surface area contributed by atoms with Crippen molar-refractivity contribution in [2.45, 2.75) is 157 Å². The molecule has 0 heterocycles. The minimum Gasteiger partial charge on any atom is -0.164 e. The van der Waals surface area contributed by atoms with Crippen molar-refractivity contribution in [2.24, 2.45) is 0 Å². The van der Waals surface area contributed by atoms with E-state index in [-0.39, 0.29) is 47.9 Å². The van der Waals surface area contributed by atoms with Gasteiger partial charge >= 0.3 is 26.2 Å². The molecule has 0 aliphatic heterocycles. The standard InChI is InChI=1S/2C32H37.C2H6Si.Zr/c2*1-8-9-22-20-29-27(23-10-14-25(15-11-23)31(2,3)4)18-19-28(30(29)21-22)24-12-16-26(17-13-24)32(5,6)7;1-3-2;/h2*10-21H,8-9H2,1-7H3;1-2H3;/q2*-1;;+2. The Morgan fingerprint density at radius 2 is 0.574 bits per heavy atom. The molecule has 8 aromatic carbocycles. The van der Waals surface area contributed by atoms with E-state index in [0.29, 0.717) is 0 Å². The molecule has 0 aromatic heterocycles. The zero-order chi connectivity index (χ0) is 48.9. The Hall–Kier alpha value is -4.36. The van der Waals surface area contributed by atoms with Crippen molar-refractivity contribution >= 4 is 31.1 Å². The van der Waals surface area contributed by atoms with Crippen molar-refractivity contribution in [3.8, 4) is 44.5 Å². The average molecular weight is 993 g/mol. The molecular weight excluding hydrogens is 912 g/mol. The molecule has 0 aliphatic rings. The van der Waals surface area contributed by atoms with Gasteiger partial charge in [0.15, 0.2) is 0 Å². The zero-order valence-corrected chi connectivity index (χ0v) is 48.1. The number of benzene rings is 6. The maximum atomic E-state index is 2.42. The minimum absolute atomic E-state index is 0. The normalized spacial score (nSPS) is 12.0. The molecule has 0 fully saturated rings. The quantitative estimate of drug-likeness (QED) is 0.105. The summed E-state index contributed by atoms with van der Waals surface area (Å²) in [6.45, 7) is 36.1. The van der Waals surface area contributed by atoms with E-state index in [2.05, 4.69) is 256 Å². The maximum absolute atomic E-state index is 2.42. The van der Waals surface area contributed by atoms with E-state index in [1.165, 1.54) is 112 Å². The van der Waals surface area contributed by atoms with Gasteiger partial charge in [0.05, 0.1) is 0 Å². The van der Waals surface area contributed by atoms with Crippen molar-refractivity contribution in [1.29, 1.82) is 0 Å². The van der Waals surface area contributed by atoms with E-state index in [1.807, 2.05) is 0 Å². The van der Waals surface area contributed by atoms with Gasteiger partial charge in [0.25, 0.3) is 0 Å². The molecule has 0 amide bonds. The van der Waals surface area contributed by atoms with Crippen LogP contribution in [0.3, 0.4) is 0 Å². The van der Waals surface area contributed by atoms with Crippen LogP contribution in [0.4, 0.5) is 0 Å². The van der Waals surface area contributed by atoms with Crippen LogP contribution >= 0.6 is 0 Å². The molecule has 352 valence electrons. The number of rotatable bonds is 8. The van der Waals surface area contributed by atoms with E-state index >= 15 is 0 Å². The minimum atomic E-state index is 0. The Morgan fingerprint density at radius 3 is 0.794 bits per heavy atom. The van der Waals surface area contributed by atoms with Crippen molar-refractivity contribution in [2.75, 3.05) is 0 Å². The Bertz CT molecular complexity index is 2440. The molecule has 0 unspecified atom stereocenters. The Kier molecular flexibility index (Phi) is 18.1. The molecule has 0 N–H and O–H groups in total. The number of hydrogen-bond donors (Lipinski definition) is 0. The van der Waals surface area contributed by atoms with Gasteiger partial charge in [-0.25, -0.2) is 0 Å². The molecule has 0 bridgehead atoms. The van der Waals surface area contributed by atoms with Crippen LogP contribution in [0.25, 0.3) is 66.1 Å². The molecule has 0 saturated carbocycles. The third-order valence-corrected chi connectivity index (χ3v) is 13.2. The third-order valence-electron chi connectivity index (χ3n) is 13.2. The van der Waals surface area contributed by atoms with Gasteiger partial charge in [-0.3, -0.25) is 0 Å².